The van der Waals surface area contributed by atoms with E-state index in [9.17, 15) is 0 Å². The standard InChI is InChI=1S/C15H27NS/c1-7-13(11-17-6)15(4,5)12(3)9-10-14(16)8-2/h7-8,13-14H,1-3,9-11,16H2,4-6H3/t13?,14-/m1/s1. The Kier molecular flexibility index (Phi) is 7.56. The zero-order chi connectivity index (χ0) is 13.5. The van der Waals surface area contributed by atoms with Gasteiger partial charge in [0.25, 0.3) is 0 Å². The van der Waals surface area contributed by atoms with Crippen molar-refractivity contribution >= 4 is 11.8 Å². The Labute approximate surface area is 111 Å². The van der Waals surface area contributed by atoms with Crippen LogP contribution >= 0.6 is 11.8 Å². The van der Waals surface area contributed by atoms with E-state index in [0.29, 0.717) is 5.92 Å². The minimum Gasteiger partial charge on any atom is -0.324 e. The van der Waals surface area contributed by atoms with E-state index in [1.165, 1.54) is 5.57 Å². The fourth-order valence-electron chi connectivity index (χ4n) is 1.79. The minimum atomic E-state index is 0.0743. The molecule has 0 aliphatic heterocycles. The highest BCUT2D eigenvalue weighted by atomic mass is 32.2. The van der Waals surface area contributed by atoms with Crippen molar-refractivity contribution in [2.75, 3.05) is 12.0 Å². The molecule has 0 amide bonds. The summed E-state index contributed by atoms with van der Waals surface area (Å²) >= 11 is 1.85. The molecule has 0 radical (unpaired) electrons. The van der Waals surface area contributed by atoms with E-state index in [4.69, 9.17) is 5.73 Å². The third-order valence-corrected chi connectivity index (χ3v) is 4.24. The molecule has 0 aromatic heterocycles. The monoisotopic (exact) mass is 253 g/mol. The van der Waals surface area contributed by atoms with Crippen molar-refractivity contribution in [3.05, 3.63) is 37.5 Å². The van der Waals surface area contributed by atoms with Gasteiger partial charge in [-0.3, -0.25) is 0 Å². The predicted octanol–water partition coefficient (Wildman–Crippen LogP) is 4.03. The molecular weight excluding hydrogens is 226 g/mol. The Hall–Kier alpha value is -0.470. The van der Waals surface area contributed by atoms with Crippen LogP contribution < -0.4 is 5.73 Å². The van der Waals surface area contributed by atoms with Gasteiger partial charge in [0.1, 0.15) is 0 Å². The summed E-state index contributed by atoms with van der Waals surface area (Å²) in [6, 6.07) is 0.0743. The van der Waals surface area contributed by atoms with Crippen LogP contribution in [0.25, 0.3) is 0 Å². The zero-order valence-electron chi connectivity index (χ0n) is 11.5. The second-order valence-electron chi connectivity index (χ2n) is 5.06. The van der Waals surface area contributed by atoms with E-state index in [1.54, 1.807) is 6.08 Å². The molecule has 0 saturated heterocycles. The van der Waals surface area contributed by atoms with E-state index in [-0.39, 0.29) is 11.5 Å². The molecule has 2 atom stereocenters. The highest BCUT2D eigenvalue weighted by Gasteiger charge is 2.29. The average molecular weight is 253 g/mol. The summed E-state index contributed by atoms with van der Waals surface area (Å²) in [5.74, 6) is 1.55. The normalized spacial score (nSPS) is 15.1. The van der Waals surface area contributed by atoms with Crippen LogP contribution in [0.1, 0.15) is 26.7 Å². The van der Waals surface area contributed by atoms with Crippen molar-refractivity contribution in [1.29, 1.82) is 0 Å². The Morgan fingerprint density at radius 1 is 1.35 bits per heavy atom. The maximum absolute atomic E-state index is 5.85. The van der Waals surface area contributed by atoms with E-state index >= 15 is 0 Å². The molecule has 1 unspecified atom stereocenters. The fraction of sp³-hybridized carbons (Fsp3) is 0.600. The number of allylic oxidation sites excluding steroid dienone is 2. The highest BCUT2D eigenvalue weighted by molar-refractivity contribution is 7.98. The maximum Gasteiger partial charge on any atom is 0.0224 e. The van der Waals surface area contributed by atoms with Crippen LogP contribution in [0.5, 0.6) is 0 Å². The summed E-state index contributed by atoms with van der Waals surface area (Å²) in [5, 5.41) is 0. The number of nitrogens with two attached hydrogens (primary N) is 1. The lowest BCUT2D eigenvalue weighted by atomic mass is 9.72. The Bertz CT molecular complexity index is 268. The molecule has 0 aromatic carbocycles. The van der Waals surface area contributed by atoms with Crippen molar-refractivity contribution < 1.29 is 0 Å². The smallest absolute Gasteiger partial charge is 0.0224 e. The average Bonchev–Trinajstić information content (AvgIpc) is 2.31. The Morgan fingerprint density at radius 3 is 2.35 bits per heavy atom. The Balaban J connectivity index is 4.50. The molecule has 0 saturated carbocycles. The van der Waals surface area contributed by atoms with Gasteiger partial charge in [-0.05, 0) is 30.4 Å². The minimum absolute atomic E-state index is 0.0743. The Morgan fingerprint density at radius 2 is 1.94 bits per heavy atom. The van der Waals surface area contributed by atoms with Crippen LogP contribution in [0.2, 0.25) is 0 Å². The summed E-state index contributed by atoms with van der Waals surface area (Å²) in [7, 11) is 0. The quantitative estimate of drug-likeness (QED) is 0.628. The molecule has 0 bridgehead atoms. The lowest BCUT2D eigenvalue weighted by molar-refractivity contribution is 0.335. The number of hydrogen-bond acceptors (Lipinski definition) is 2. The second kappa shape index (κ2) is 7.78. The number of thioether (sulfide) groups is 1. The van der Waals surface area contributed by atoms with Gasteiger partial charge in [0, 0.05) is 11.8 Å². The van der Waals surface area contributed by atoms with Crippen LogP contribution in [0, 0.1) is 11.3 Å². The van der Waals surface area contributed by atoms with Crippen LogP contribution in [0.4, 0.5) is 0 Å². The van der Waals surface area contributed by atoms with Gasteiger partial charge in [-0.2, -0.15) is 11.8 Å². The van der Waals surface area contributed by atoms with Crippen LogP contribution in [-0.4, -0.2) is 18.1 Å². The van der Waals surface area contributed by atoms with Gasteiger partial charge in [0.15, 0.2) is 0 Å². The molecular formula is C15H27NS. The van der Waals surface area contributed by atoms with Gasteiger partial charge in [0.2, 0.25) is 0 Å². The van der Waals surface area contributed by atoms with Crippen molar-refractivity contribution in [2.45, 2.75) is 32.7 Å². The van der Waals surface area contributed by atoms with Crippen LogP contribution in [0.3, 0.4) is 0 Å². The first kappa shape index (κ1) is 16.5. The van der Waals surface area contributed by atoms with Crippen molar-refractivity contribution in [2.24, 2.45) is 17.1 Å². The molecule has 0 rings (SSSR count). The van der Waals surface area contributed by atoms with Gasteiger partial charge in [-0.15, -0.1) is 13.2 Å². The lowest BCUT2D eigenvalue weighted by Crippen LogP contribution is -2.27. The molecule has 0 aliphatic carbocycles. The van der Waals surface area contributed by atoms with Gasteiger partial charge < -0.3 is 5.73 Å². The number of hydrogen-bond donors (Lipinski definition) is 1. The van der Waals surface area contributed by atoms with E-state index in [2.05, 4.69) is 45.9 Å². The molecule has 2 heteroatoms. The molecule has 0 aromatic rings. The SMILES string of the molecule is C=CC(CSC)C(C)(C)C(=C)CC[C@H](N)C=C. The maximum atomic E-state index is 5.85. The highest BCUT2D eigenvalue weighted by Crippen LogP contribution is 2.38. The van der Waals surface area contributed by atoms with Crippen molar-refractivity contribution in [3.63, 3.8) is 0 Å². The van der Waals surface area contributed by atoms with E-state index in [0.717, 1.165) is 18.6 Å². The first-order valence-corrected chi connectivity index (χ1v) is 7.47. The van der Waals surface area contributed by atoms with Gasteiger partial charge >= 0.3 is 0 Å². The summed E-state index contributed by atoms with van der Waals surface area (Å²) in [4.78, 5) is 0. The zero-order valence-corrected chi connectivity index (χ0v) is 12.4. The summed E-state index contributed by atoms with van der Waals surface area (Å²) < 4.78 is 0. The molecule has 98 valence electrons. The molecule has 0 spiro atoms. The van der Waals surface area contributed by atoms with Gasteiger partial charge in [-0.25, -0.2) is 0 Å². The third kappa shape index (κ3) is 5.13. The van der Waals surface area contributed by atoms with Crippen LogP contribution in [0.15, 0.2) is 37.5 Å². The largest absolute Gasteiger partial charge is 0.324 e. The first-order valence-electron chi connectivity index (χ1n) is 6.08. The molecule has 0 fully saturated rings. The van der Waals surface area contributed by atoms with Gasteiger partial charge in [0.05, 0.1) is 0 Å². The van der Waals surface area contributed by atoms with Gasteiger partial charge in [-0.1, -0.05) is 38.2 Å². The van der Waals surface area contributed by atoms with Crippen molar-refractivity contribution in [3.8, 4) is 0 Å². The van der Waals surface area contributed by atoms with E-state index in [1.807, 2.05) is 11.8 Å². The molecule has 0 aliphatic rings. The predicted molar refractivity (Wildman–Crippen MR) is 82.4 cm³/mol. The molecule has 2 N–H and O–H groups in total. The third-order valence-electron chi connectivity index (χ3n) is 3.55. The second-order valence-corrected chi connectivity index (χ2v) is 5.97. The summed E-state index contributed by atoms with van der Waals surface area (Å²) in [5.41, 5.74) is 7.20. The van der Waals surface area contributed by atoms with Crippen LogP contribution in [-0.2, 0) is 0 Å². The van der Waals surface area contributed by atoms with Crippen molar-refractivity contribution in [1.82, 2.24) is 0 Å². The number of rotatable bonds is 9. The summed E-state index contributed by atoms with van der Waals surface area (Å²) in [6.07, 6.45) is 7.86. The topological polar surface area (TPSA) is 26.0 Å². The fourth-order valence-corrected chi connectivity index (χ4v) is 2.71. The molecule has 17 heavy (non-hydrogen) atoms. The summed E-state index contributed by atoms with van der Waals surface area (Å²) in [6.45, 7) is 16.4. The lowest BCUT2D eigenvalue weighted by Gasteiger charge is -2.34. The van der Waals surface area contributed by atoms with E-state index < -0.39 is 0 Å². The first-order chi connectivity index (χ1) is 7.89. The molecule has 1 nitrogen and oxygen atoms in total. The molecule has 0 heterocycles.